The zero-order valence-corrected chi connectivity index (χ0v) is 12.4. The Bertz CT molecular complexity index is 311. The molecule has 0 saturated heterocycles. The molecule has 0 saturated carbocycles. The molecule has 0 amide bonds. The van der Waals surface area contributed by atoms with Crippen LogP contribution >= 0.6 is 27.5 Å². The molecule has 0 aromatic heterocycles. The van der Waals surface area contributed by atoms with Gasteiger partial charge in [-0.15, -0.1) is 11.6 Å². The Kier molecular flexibility index (Phi) is 6.45. The summed E-state index contributed by atoms with van der Waals surface area (Å²) in [4.78, 5) is 0. The van der Waals surface area contributed by atoms with Crippen molar-refractivity contribution >= 4 is 27.5 Å². The molecular weight excluding hydrogens is 284 g/mol. The molecule has 90 valence electrons. The molecule has 0 aliphatic heterocycles. The van der Waals surface area contributed by atoms with E-state index in [1.165, 1.54) is 24.8 Å². The minimum Gasteiger partial charge on any atom is -0.126 e. The van der Waals surface area contributed by atoms with Gasteiger partial charge in [-0.3, -0.25) is 0 Å². The first-order valence-electron chi connectivity index (χ1n) is 5.98. The van der Waals surface area contributed by atoms with Crippen LogP contribution in [0.1, 0.15) is 44.6 Å². The van der Waals surface area contributed by atoms with Crippen molar-refractivity contribution in [2.75, 3.05) is 5.88 Å². The number of rotatable bonds is 6. The zero-order valence-electron chi connectivity index (χ0n) is 10.0. The highest BCUT2D eigenvalue weighted by molar-refractivity contribution is 9.10. The van der Waals surface area contributed by atoms with Crippen molar-refractivity contribution in [3.63, 3.8) is 0 Å². The Morgan fingerprint density at radius 2 is 2.12 bits per heavy atom. The molecule has 16 heavy (non-hydrogen) atoms. The summed E-state index contributed by atoms with van der Waals surface area (Å²) in [6, 6.07) is 8.51. The van der Waals surface area contributed by atoms with Crippen LogP contribution in [0.4, 0.5) is 0 Å². The van der Waals surface area contributed by atoms with Crippen molar-refractivity contribution in [2.24, 2.45) is 5.92 Å². The van der Waals surface area contributed by atoms with Crippen LogP contribution < -0.4 is 0 Å². The molecule has 0 nitrogen and oxygen atoms in total. The summed E-state index contributed by atoms with van der Waals surface area (Å²) in [6.45, 7) is 4.56. The van der Waals surface area contributed by atoms with Crippen LogP contribution in [0.5, 0.6) is 0 Å². The van der Waals surface area contributed by atoms with Crippen LogP contribution in [0.3, 0.4) is 0 Å². The maximum absolute atomic E-state index is 6.08. The second kappa shape index (κ2) is 7.34. The number of hydrogen-bond donors (Lipinski definition) is 0. The highest BCUT2D eigenvalue weighted by Crippen LogP contribution is 2.28. The van der Waals surface area contributed by atoms with E-state index in [-0.39, 0.29) is 0 Å². The van der Waals surface area contributed by atoms with Crippen molar-refractivity contribution in [1.29, 1.82) is 0 Å². The maximum Gasteiger partial charge on any atom is 0.0292 e. The van der Waals surface area contributed by atoms with Crippen molar-refractivity contribution in [2.45, 2.75) is 39.0 Å². The van der Waals surface area contributed by atoms with Gasteiger partial charge in [0.15, 0.2) is 0 Å². The fourth-order valence-electron chi connectivity index (χ4n) is 2.15. The molecule has 2 unspecified atom stereocenters. The molecule has 1 aromatic rings. The first-order valence-corrected chi connectivity index (χ1v) is 7.31. The Morgan fingerprint density at radius 3 is 2.69 bits per heavy atom. The summed E-state index contributed by atoms with van der Waals surface area (Å²) in [7, 11) is 0. The molecular formula is C14H20BrCl. The van der Waals surface area contributed by atoms with Gasteiger partial charge in [0.25, 0.3) is 0 Å². The smallest absolute Gasteiger partial charge is 0.0292 e. The normalized spacial score (nSPS) is 14.8. The van der Waals surface area contributed by atoms with E-state index in [0.29, 0.717) is 11.8 Å². The van der Waals surface area contributed by atoms with E-state index in [1.807, 2.05) is 0 Å². The highest BCUT2D eigenvalue weighted by Gasteiger charge is 2.14. The van der Waals surface area contributed by atoms with Gasteiger partial charge in [0, 0.05) is 10.4 Å². The summed E-state index contributed by atoms with van der Waals surface area (Å²) in [6.07, 6.45) is 3.74. The monoisotopic (exact) mass is 302 g/mol. The number of halogens is 2. The number of hydrogen-bond acceptors (Lipinski definition) is 0. The zero-order chi connectivity index (χ0) is 12.0. The SMILES string of the molecule is CCCC(C)CC(CCl)c1cccc(Br)c1. The number of alkyl halides is 1. The summed E-state index contributed by atoms with van der Waals surface area (Å²) >= 11 is 9.60. The van der Waals surface area contributed by atoms with Gasteiger partial charge in [-0.05, 0) is 36.0 Å². The van der Waals surface area contributed by atoms with Gasteiger partial charge in [-0.25, -0.2) is 0 Å². The molecule has 1 aromatic carbocycles. The van der Waals surface area contributed by atoms with Crippen LogP contribution in [0.2, 0.25) is 0 Å². The average molecular weight is 304 g/mol. The molecule has 0 aliphatic carbocycles. The third kappa shape index (κ3) is 4.47. The molecule has 0 N–H and O–H groups in total. The second-order valence-corrected chi connectivity index (χ2v) is 5.76. The van der Waals surface area contributed by atoms with E-state index in [0.717, 1.165) is 10.4 Å². The van der Waals surface area contributed by atoms with Crippen LogP contribution in [-0.4, -0.2) is 5.88 Å². The van der Waals surface area contributed by atoms with Crippen LogP contribution in [0.25, 0.3) is 0 Å². The summed E-state index contributed by atoms with van der Waals surface area (Å²) < 4.78 is 1.14. The largest absolute Gasteiger partial charge is 0.126 e. The van der Waals surface area contributed by atoms with E-state index in [1.54, 1.807) is 0 Å². The van der Waals surface area contributed by atoms with E-state index in [2.05, 4.69) is 54.0 Å². The minimum absolute atomic E-state index is 0.487. The summed E-state index contributed by atoms with van der Waals surface area (Å²) in [5.41, 5.74) is 1.35. The lowest BCUT2D eigenvalue weighted by Crippen LogP contribution is -2.06. The van der Waals surface area contributed by atoms with E-state index >= 15 is 0 Å². The molecule has 0 aliphatic rings. The maximum atomic E-state index is 6.08. The van der Waals surface area contributed by atoms with Gasteiger partial charge in [0.2, 0.25) is 0 Å². The van der Waals surface area contributed by atoms with E-state index in [9.17, 15) is 0 Å². The van der Waals surface area contributed by atoms with Gasteiger partial charge >= 0.3 is 0 Å². The molecule has 2 heteroatoms. The van der Waals surface area contributed by atoms with Gasteiger partial charge in [-0.2, -0.15) is 0 Å². The van der Waals surface area contributed by atoms with Crippen molar-refractivity contribution in [1.82, 2.24) is 0 Å². The van der Waals surface area contributed by atoms with Gasteiger partial charge in [0.05, 0.1) is 0 Å². The standard InChI is InChI=1S/C14H20BrCl/c1-3-5-11(2)8-13(10-16)12-6-4-7-14(15)9-12/h4,6-7,9,11,13H,3,5,8,10H2,1-2H3. The van der Waals surface area contributed by atoms with Gasteiger partial charge < -0.3 is 0 Å². The van der Waals surface area contributed by atoms with Crippen LogP contribution in [-0.2, 0) is 0 Å². The summed E-state index contributed by atoms with van der Waals surface area (Å²) in [5, 5.41) is 0. The Morgan fingerprint density at radius 1 is 1.38 bits per heavy atom. The Labute approximate surface area is 113 Å². The molecule has 1 rings (SSSR count). The second-order valence-electron chi connectivity index (χ2n) is 4.54. The summed E-state index contributed by atoms with van der Waals surface area (Å²) in [5.74, 6) is 1.96. The third-order valence-corrected chi connectivity index (χ3v) is 3.84. The lowest BCUT2D eigenvalue weighted by molar-refractivity contribution is 0.450. The lowest BCUT2D eigenvalue weighted by Gasteiger charge is -2.19. The fraction of sp³-hybridized carbons (Fsp3) is 0.571. The van der Waals surface area contributed by atoms with Crippen molar-refractivity contribution < 1.29 is 0 Å². The Hall–Kier alpha value is -0.0100. The van der Waals surface area contributed by atoms with Crippen LogP contribution in [0.15, 0.2) is 28.7 Å². The molecule has 0 fully saturated rings. The van der Waals surface area contributed by atoms with E-state index < -0.39 is 0 Å². The average Bonchev–Trinajstić information content (AvgIpc) is 2.26. The topological polar surface area (TPSA) is 0 Å². The van der Waals surface area contributed by atoms with E-state index in [4.69, 9.17) is 11.6 Å². The number of benzene rings is 1. The quantitative estimate of drug-likeness (QED) is 0.600. The molecule has 0 bridgehead atoms. The van der Waals surface area contributed by atoms with Crippen LogP contribution in [0, 0.1) is 5.92 Å². The first kappa shape index (κ1) is 14.1. The fourth-order valence-corrected chi connectivity index (χ4v) is 2.87. The molecule has 0 spiro atoms. The lowest BCUT2D eigenvalue weighted by atomic mass is 9.89. The predicted molar refractivity (Wildman–Crippen MR) is 76.3 cm³/mol. The van der Waals surface area contributed by atoms with Crippen molar-refractivity contribution in [3.05, 3.63) is 34.3 Å². The highest BCUT2D eigenvalue weighted by atomic mass is 79.9. The van der Waals surface area contributed by atoms with Gasteiger partial charge in [0.1, 0.15) is 0 Å². The molecule has 0 radical (unpaired) electrons. The van der Waals surface area contributed by atoms with Gasteiger partial charge in [-0.1, -0.05) is 54.8 Å². The third-order valence-electron chi connectivity index (χ3n) is 2.97. The van der Waals surface area contributed by atoms with Crippen molar-refractivity contribution in [3.8, 4) is 0 Å². The predicted octanol–water partition coefficient (Wildman–Crippen LogP) is 5.60. The Balaban J connectivity index is 2.67. The molecule has 0 heterocycles. The first-order chi connectivity index (χ1) is 7.67. The minimum atomic E-state index is 0.487. The molecule has 2 atom stereocenters.